The molecule has 20 heavy (non-hydrogen) atoms. The molecule has 2 atom stereocenters. The predicted molar refractivity (Wildman–Crippen MR) is 79.1 cm³/mol. The Morgan fingerprint density at radius 2 is 2.05 bits per heavy atom. The Labute approximate surface area is 127 Å². The summed E-state index contributed by atoms with van der Waals surface area (Å²) in [6.07, 6.45) is 4.16. The van der Waals surface area contributed by atoms with E-state index >= 15 is 0 Å². The van der Waals surface area contributed by atoms with Crippen LogP contribution in [-0.4, -0.2) is 23.5 Å². The highest BCUT2D eigenvalue weighted by Gasteiger charge is 2.41. The van der Waals surface area contributed by atoms with E-state index in [0.29, 0.717) is 19.4 Å². The van der Waals surface area contributed by atoms with Crippen molar-refractivity contribution >= 4 is 34.8 Å². The lowest BCUT2D eigenvalue weighted by Crippen LogP contribution is -2.44. The zero-order valence-electron chi connectivity index (χ0n) is 11.1. The van der Waals surface area contributed by atoms with E-state index in [-0.39, 0.29) is 11.8 Å². The van der Waals surface area contributed by atoms with Gasteiger partial charge in [-0.2, -0.15) is 0 Å². The van der Waals surface area contributed by atoms with Crippen LogP contribution >= 0.6 is 22.9 Å². The molecule has 0 radical (unpaired) electrons. The van der Waals surface area contributed by atoms with E-state index < -0.39 is 11.9 Å². The van der Waals surface area contributed by atoms with Crippen LogP contribution in [0.1, 0.15) is 30.6 Å². The fourth-order valence-electron chi connectivity index (χ4n) is 2.36. The quantitative estimate of drug-likeness (QED) is 0.760. The standard InChI is InChI=1S/C14H18ClNO3S/c15-12-7-4-9(20-12)3-1-2-8-16-13(17)10-5-6-11(10)14(18)19/h4,7,10-11H,1-3,5-6,8H2,(H,16,17)(H,18,19). The second-order valence-electron chi connectivity index (χ2n) is 5.08. The number of carbonyl (C=O) groups excluding carboxylic acids is 1. The average Bonchev–Trinajstić information content (AvgIpc) is 2.72. The fraction of sp³-hybridized carbons (Fsp3) is 0.571. The molecule has 0 spiro atoms. The van der Waals surface area contributed by atoms with Gasteiger partial charge in [-0.25, -0.2) is 0 Å². The molecule has 0 aromatic carbocycles. The number of carboxylic acid groups (broad SMARTS) is 1. The van der Waals surface area contributed by atoms with Crippen molar-refractivity contribution in [2.45, 2.75) is 32.1 Å². The van der Waals surface area contributed by atoms with Crippen molar-refractivity contribution < 1.29 is 14.7 Å². The highest BCUT2D eigenvalue weighted by Crippen LogP contribution is 2.34. The van der Waals surface area contributed by atoms with Crippen molar-refractivity contribution in [3.05, 3.63) is 21.3 Å². The first-order chi connectivity index (χ1) is 9.58. The number of aryl methyl sites for hydroxylation is 1. The molecule has 1 aliphatic carbocycles. The number of halogens is 1. The van der Waals surface area contributed by atoms with E-state index in [0.717, 1.165) is 23.6 Å². The maximum atomic E-state index is 11.8. The Bertz CT molecular complexity index is 489. The second kappa shape index (κ2) is 7.09. The lowest BCUT2D eigenvalue weighted by molar-refractivity contribution is -0.152. The molecule has 6 heteroatoms. The third kappa shape index (κ3) is 3.96. The molecular weight excluding hydrogens is 298 g/mol. The van der Waals surface area contributed by atoms with Gasteiger partial charge in [0.05, 0.1) is 16.2 Å². The molecule has 4 nitrogen and oxygen atoms in total. The maximum Gasteiger partial charge on any atom is 0.307 e. The molecule has 1 heterocycles. The van der Waals surface area contributed by atoms with E-state index in [2.05, 4.69) is 5.32 Å². The van der Waals surface area contributed by atoms with Crippen molar-refractivity contribution in [3.8, 4) is 0 Å². The minimum Gasteiger partial charge on any atom is -0.481 e. The summed E-state index contributed by atoms with van der Waals surface area (Å²) in [5, 5.41) is 11.7. The molecule has 1 aromatic rings. The van der Waals surface area contributed by atoms with Gasteiger partial charge >= 0.3 is 5.97 Å². The van der Waals surface area contributed by atoms with Crippen LogP contribution in [-0.2, 0) is 16.0 Å². The van der Waals surface area contributed by atoms with Gasteiger partial charge in [-0.15, -0.1) is 11.3 Å². The topological polar surface area (TPSA) is 66.4 Å². The molecule has 1 aromatic heterocycles. The number of rotatable bonds is 7. The zero-order chi connectivity index (χ0) is 14.5. The number of hydrogen-bond donors (Lipinski definition) is 2. The van der Waals surface area contributed by atoms with Crippen LogP contribution in [0.2, 0.25) is 4.34 Å². The summed E-state index contributed by atoms with van der Waals surface area (Å²) in [6.45, 7) is 0.612. The number of amides is 1. The number of carbonyl (C=O) groups is 2. The number of unbranched alkanes of at least 4 members (excludes halogenated alkanes) is 1. The molecule has 1 amide bonds. The first-order valence-corrected chi connectivity index (χ1v) is 8.02. The van der Waals surface area contributed by atoms with Gasteiger partial charge in [0.1, 0.15) is 0 Å². The molecule has 0 aliphatic heterocycles. The third-order valence-corrected chi connectivity index (χ3v) is 5.00. The summed E-state index contributed by atoms with van der Waals surface area (Å²) < 4.78 is 0.804. The first-order valence-electron chi connectivity index (χ1n) is 6.82. The molecule has 0 saturated heterocycles. The highest BCUT2D eigenvalue weighted by atomic mass is 35.5. The van der Waals surface area contributed by atoms with Gasteiger partial charge in [0, 0.05) is 11.4 Å². The fourth-order valence-corrected chi connectivity index (χ4v) is 3.49. The van der Waals surface area contributed by atoms with Gasteiger partial charge in [0.2, 0.25) is 5.91 Å². The van der Waals surface area contributed by atoms with Crippen LogP contribution in [0.15, 0.2) is 12.1 Å². The van der Waals surface area contributed by atoms with Crippen molar-refractivity contribution in [3.63, 3.8) is 0 Å². The Morgan fingerprint density at radius 3 is 2.60 bits per heavy atom. The highest BCUT2D eigenvalue weighted by molar-refractivity contribution is 7.16. The largest absolute Gasteiger partial charge is 0.481 e. The van der Waals surface area contributed by atoms with E-state index in [1.54, 1.807) is 11.3 Å². The van der Waals surface area contributed by atoms with Crippen LogP contribution in [0.5, 0.6) is 0 Å². The van der Waals surface area contributed by atoms with Crippen LogP contribution in [0.4, 0.5) is 0 Å². The van der Waals surface area contributed by atoms with E-state index in [1.165, 1.54) is 4.88 Å². The molecule has 1 fully saturated rings. The summed E-state index contributed by atoms with van der Waals surface area (Å²) in [7, 11) is 0. The van der Waals surface area contributed by atoms with Gasteiger partial charge < -0.3 is 10.4 Å². The van der Waals surface area contributed by atoms with Gasteiger partial charge in [-0.05, 0) is 44.2 Å². The number of aliphatic carboxylic acids is 1. The Hall–Kier alpha value is -1.07. The van der Waals surface area contributed by atoms with Crippen LogP contribution < -0.4 is 5.32 Å². The third-order valence-electron chi connectivity index (χ3n) is 3.71. The summed E-state index contributed by atoms with van der Waals surface area (Å²) in [5.41, 5.74) is 0. The minimum atomic E-state index is -0.856. The number of carboxylic acids is 1. The summed E-state index contributed by atoms with van der Waals surface area (Å²) in [4.78, 5) is 23.9. The van der Waals surface area contributed by atoms with Crippen molar-refractivity contribution in [2.24, 2.45) is 11.8 Å². The molecule has 2 N–H and O–H groups in total. The average molecular weight is 316 g/mol. The molecule has 1 aliphatic rings. The summed E-state index contributed by atoms with van der Waals surface area (Å²) in [5.74, 6) is -1.78. The molecule has 1 saturated carbocycles. The predicted octanol–water partition coefficient (Wildman–Crippen LogP) is 2.95. The lowest BCUT2D eigenvalue weighted by Gasteiger charge is -2.31. The normalized spacial score (nSPS) is 21.2. The van der Waals surface area contributed by atoms with Crippen molar-refractivity contribution in [1.82, 2.24) is 5.32 Å². The second-order valence-corrected chi connectivity index (χ2v) is 6.88. The molecule has 0 bridgehead atoms. The van der Waals surface area contributed by atoms with Gasteiger partial charge in [0.25, 0.3) is 0 Å². The van der Waals surface area contributed by atoms with Gasteiger partial charge in [0.15, 0.2) is 0 Å². The summed E-state index contributed by atoms with van der Waals surface area (Å²) in [6, 6.07) is 3.92. The summed E-state index contributed by atoms with van der Waals surface area (Å²) >= 11 is 7.44. The number of hydrogen-bond acceptors (Lipinski definition) is 3. The van der Waals surface area contributed by atoms with Gasteiger partial charge in [-0.3, -0.25) is 9.59 Å². The van der Waals surface area contributed by atoms with Crippen LogP contribution in [0.3, 0.4) is 0 Å². The Kier molecular flexibility index (Phi) is 5.43. The Balaban J connectivity index is 1.59. The molecule has 2 rings (SSSR count). The van der Waals surface area contributed by atoms with Crippen molar-refractivity contribution in [1.29, 1.82) is 0 Å². The SMILES string of the molecule is O=C(O)C1CCC1C(=O)NCCCCc1ccc(Cl)s1. The number of nitrogens with one attached hydrogen (secondary N) is 1. The van der Waals surface area contributed by atoms with E-state index in [4.69, 9.17) is 16.7 Å². The number of thiophene rings is 1. The van der Waals surface area contributed by atoms with Crippen LogP contribution in [0.25, 0.3) is 0 Å². The van der Waals surface area contributed by atoms with E-state index in [9.17, 15) is 9.59 Å². The first kappa shape index (κ1) is 15.3. The van der Waals surface area contributed by atoms with Crippen molar-refractivity contribution in [2.75, 3.05) is 6.54 Å². The monoisotopic (exact) mass is 315 g/mol. The minimum absolute atomic E-state index is 0.109. The smallest absolute Gasteiger partial charge is 0.307 e. The molecule has 110 valence electrons. The van der Waals surface area contributed by atoms with E-state index in [1.807, 2.05) is 12.1 Å². The molecule has 2 unspecified atom stereocenters. The maximum absolute atomic E-state index is 11.8. The van der Waals surface area contributed by atoms with Gasteiger partial charge in [-0.1, -0.05) is 11.6 Å². The molecular formula is C14H18ClNO3S. The Morgan fingerprint density at radius 1 is 1.30 bits per heavy atom. The zero-order valence-corrected chi connectivity index (χ0v) is 12.7. The lowest BCUT2D eigenvalue weighted by atomic mass is 9.73. The van der Waals surface area contributed by atoms with Crippen LogP contribution in [0, 0.1) is 11.8 Å².